The van der Waals surface area contributed by atoms with Crippen LogP contribution in [0.15, 0.2) is 93.7 Å². The Labute approximate surface area is 235 Å². The van der Waals surface area contributed by atoms with E-state index in [1.54, 1.807) is 42.5 Å². The maximum absolute atomic E-state index is 13.6. The Morgan fingerprint density at radius 3 is 2.15 bits per heavy atom. The molecule has 0 aliphatic heterocycles. The lowest BCUT2D eigenvalue weighted by Crippen LogP contribution is -2.30. The van der Waals surface area contributed by atoms with Gasteiger partial charge in [-0.15, -0.1) is 0 Å². The lowest BCUT2D eigenvalue weighted by Gasteiger charge is -2.21. The molecule has 3 aromatic carbocycles. The average molecular weight is 554 g/mol. The first-order chi connectivity index (χ1) is 19.0. The number of carbonyl (C=O) groups excluding carboxylic acids is 1. The summed E-state index contributed by atoms with van der Waals surface area (Å²) in [6.45, 7) is 7.90. The molecule has 0 unspecified atom stereocenters. The molecule has 0 bridgehead atoms. The second-order valence-corrected chi connectivity index (χ2v) is 11.7. The lowest BCUT2D eigenvalue weighted by molar-refractivity contribution is -0.112. The number of hydrogen-bond donors (Lipinski definition) is 1. The Morgan fingerprint density at radius 2 is 1.52 bits per heavy atom. The summed E-state index contributed by atoms with van der Waals surface area (Å²) < 4.78 is 34.5. The molecule has 4 aromatic rings. The zero-order valence-electron chi connectivity index (χ0n) is 22.9. The quantitative estimate of drug-likeness (QED) is 0.190. The van der Waals surface area contributed by atoms with Gasteiger partial charge in [-0.1, -0.05) is 53.6 Å². The second kappa shape index (κ2) is 12.2. The van der Waals surface area contributed by atoms with Gasteiger partial charge in [0.15, 0.2) is 0 Å². The predicted octanol–water partition coefficient (Wildman–Crippen LogP) is 6.45. The monoisotopic (exact) mass is 553 g/mol. The minimum Gasteiger partial charge on any atom is -0.460 e. The molecular formula is C32H31N3O4S. The van der Waals surface area contributed by atoms with Crippen molar-refractivity contribution >= 4 is 27.7 Å². The van der Waals surface area contributed by atoms with Crippen LogP contribution in [0, 0.1) is 39.0 Å². The molecule has 0 fully saturated rings. The van der Waals surface area contributed by atoms with E-state index in [4.69, 9.17) is 4.42 Å². The van der Waals surface area contributed by atoms with Crippen LogP contribution < -0.4 is 5.32 Å². The number of anilines is 1. The van der Waals surface area contributed by atoms with Gasteiger partial charge < -0.3 is 9.73 Å². The van der Waals surface area contributed by atoms with E-state index in [9.17, 15) is 18.5 Å². The van der Waals surface area contributed by atoms with Crippen molar-refractivity contribution in [2.75, 3.05) is 5.32 Å². The molecule has 0 aliphatic carbocycles. The highest BCUT2D eigenvalue weighted by atomic mass is 32.2. The van der Waals surface area contributed by atoms with Crippen molar-refractivity contribution in [3.63, 3.8) is 0 Å². The number of furan rings is 1. The fraction of sp³-hybridized carbons (Fsp3) is 0.188. The molecule has 0 spiro atoms. The fourth-order valence-electron chi connectivity index (χ4n) is 4.02. The van der Waals surface area contributed by atoms with Gasteiger partial charge in [0.25, 0.3) is 5.91 Å². The number of rotatable bonds is 9. The number of carbonyl (C=O) groups is 1. The molecule has 1 N–H and O–H groups in total. The van der Waals surface area contributed by atoms with Gasteiger partial charge in [-0.2, -0.15) is 9.57 Å². The van der Waals surface area contributed by atoms with E-state index in [0.29, 0.717) is 11.4 Å². The molecule has 1 heterocycles. The summed E-state index contributed by atoms with van der Waals surface area (Å²) in [4.78, 5) is 12.9. The Bertz CT molecular complexity index is 1690. The Balaban J connectivity index is 1.57. The zero-order chi connectivity index (χ0) is 28.9. The smallest absolute Gasteiger partial charge is 0.266 e. The third kappa shape index (κ3) is 6.94. The summed E-state index contributed by atoms with van der Waals surface area (Å²) in [5.41, 5.74) is 5.44. The maximum atomic E-state index is 13.6. The topological polar surface area (TPSA) is 103 Å². The molecule has 7 nitrogen and oxygen atoms in total. The summed E-state index contributed by atoms with van der Waals surface area (Å²) in [7, 11) is -3.86. The largest absolute Gasteiger partial charge is 0.460 e. The Kier molecular flexibility index (Phi) is 8.68. The van der Waals surface area contributed by atoms with Gasteiger partial charge in [0.1, 0.15) is 23.2 Å². The van der Waals surface area contributed by atoms with Crippen molar-refractivity contribution in [3.05, 3.63) is 124 Å². The number of amides is 1. The second-order valence-electron chi connectivity index (χ2n) is 9.80. The standard InChI is InChI=1S/C32H31N3O4S/c1-22-5-10-26(11-6-22)20-35(40(37,38)31-15-7-23(2)8-16-31)21-30-14-13-29(39-30)18-27(19-33)32(36)34-28-12-9-24(3)25(4)17-28/h5-18H,20-21H2,1-4H3,(H,34,36)/b27-18-. The van der Waals surface area contributed by atoms with Crippen molar-refractivity contribution < 1.29 is 17.6 Å². The van der Waals surface area contributed by atoms with E-state index in [-0.39, 0.29) is 29.3 Å². The summed E-state index contributed by atoms with van der Waals surface area (Å²) in [6.07, 6.45) is 1.35. The third-order valence-electron chi connectivity index (χ3n) is 6.57. The van der Waals surface area contributed by atoms with Gasteiger partial charge in [-0.25, -0.2) is 8.42 Å². The molecule has 8 heteroatoms. The highest BCUT2D eigenvalue weighted by Gasteiger charge is 2.26. The van der Waals surface area contributed by atoms with Crippen molar-refractivity contribution in [1.29, 1.82) is 5.26 Å². The number of benzene rings is 3. The zero-order valence-corrected chi connectivity index (χ0v) is 23.7. The van der Waals surface area contributed by atoms with Gasteiger partial charge in [0.2, 0.25) is 10.0 Å². The van der Waals surface area contributed by atoms with Crippen LogP contribution in [-0.4, -0.2) is 18.6 Å². The number of nitriles is 1. The molecule has 0 saturated heterocycles. The van der Waals surface area contributed by atoms with Crippen LogP contribution in [-0.2, 0) is 27.9 Å². The van der Waals surface area contributed by atoms with Crippen LogP contribution in [0.25, 0.3) is 6.08 Å². The van der Waals surface area contributed by atoms with E-state index in [1.807, 2.05) is 70.2 Å². The van der Waals surface area contributed by atoms with Crippen molar-refractivity contribution in [1.82, 2.24) is 4.31 Å². The molecule has 204 valence electrons. The summed E-state index contributed by atoms with van der Waals surface area (Å²) in [6, 6.07) is 25.1. The lowest BCUT2D eigenvalue weighted by atomic mass is 10.1. The first-order valence-corrected chi connectivity index (χ1v) is 14.2. The van der Waals surface area contributed by atoms with Crippen LogP contribution in [0.4, 0.5) is 5.69 Å². The van der Waals surface area contributed by atoms with Gasteiger partial charge in [0.05, 0.1) is 11.4 Å². The van der Waals surface area contributed by atoms with E-state index >= 15 is 0 Å². The molecule has 40 heavy (non-hydrogen) atoms. The number of aryl methyl sites for hydroxylation is 4. The normalized spacial score (nSPS) is 11.8. The van der Waals surface area contributed by atoms with Crippen LogP contribution in [0.5, 0.6) is 0 Å². The number of sulfonamides is 1. The molecule has 0 radical (unpaired) electrons. The van der Waals surface area contributed by atoms with Gasteiger partial charge >= 0.3 is 0 Å². The molecule has 0 atom stereocenters. The van der Waals surface area contributed by atoms with Gasteiger partial charge in [-0.3, -0.25) is 4.79 Å². The fourth-order valence-corrected chi connectivity index (χ4v) is 5.42. The van der Waals surface area contributed by atoms with Gasteiger partial charge in [-0.05, 0) is 80.8 Å². The molecule has 4 rings (SSSR count). The van der Waals surface area contributed by atoms with Crippen LogP contribution in [0.2, 0.25) is 0 Å². The number of nitrogens with one attached hydrogen (secondary N) is 1. The van der Waals surface area contributed by atoms with Gasteiger partial charge in [0, 0.05) is 18.3 Å². The predicted molar refractivity (Wildman–Crippen MR) is 156 cm³/mol. The first kappa shape index (κ1) is 28.6. The molecule has 1 amide bonds. The third-order valence-corrected chi connectivity index (χ3v) is 8.38. The summed E-state index contributed by atoms with van der Waals surface area (Å²) >= 11 is 0. The molecule has 1 aromatic heterocycles. The Hall–Kier alpha value is -4.45. The highest BCUT2D eigenvalue weighted by Crippen LogP contribution is 2.24. The van der Waals surface area contributed by atoms with E-state index in [0.717, 1.165) is 27.8 Å². The minimum absolute atomic E-state index is 0.0331. The minimum atomic E-state index is -3.86. The Morgan fingerprint density at radius 1 is 0.875 bits per heavy atom. The number of hydrogen-bond acceptors (Lipinski definition) is 5. The van der Waals surface area contributed by atoms with Crippen LogP contribution in [0.3, 0.4) is 0 Å². The van der Waals surface area contributed by atoms with Crippen molar-refractivity contribution in [2.45, 2.75) is 45.7 Å². The first-order valence-electron chi connectivity index (χ1n) is 12.8. The van der Waals surface area contributed by atoms with Crippen molar-refractivity contribution in [2.24, 2.45) is 0 Å². The summed E-state index contributed by atoms with van der Waals surface area (Å²) in [5.74, 6) is 0.0809. The number of nitrogens with zero attached hydrogens (tertiary/aromatic N) is 2. The SMILES string of the molecule is Cc1ccc(CN(Cc2ccc(/C=C(/C#N)C(=O)Nc3ccc(C)c(C)c3)o2)S(=O)(=O)c2ccc(C)cc2)cc1. The van der Waals surface area contributed by atoms with Crippen molar-refractivity contribution in [3.8, 4) is 6.07 Å². The highest BCUT2D eigenvalue weighted by molar-refractivity contribution is 7.89. The maximum Gasteiger partial charge on any atom is 0.266 e. The summed E-state index contributed by atoms with van der Waals surface area (Å²) in [5, 5.41) is 12.3. The van der Waals surface area contributed by atoms with Crippen LogP contribution >= 0.6 is 0 Å². The molecule has 0 saturated carbocycles. The van der Waals surface area contributed by atoms with E-state index < -0.39 is 15.9 Å². The van der Waals surface area contributed by atoms with E-state index in [1.165, 1.54) is 10.4 Å². The van der Waals surface area contributed by atoms with E-state index in [2.05, 4.69) is 5.32 Å². The average Bonchev–Trinajstić information content (AvgIpc) is 3.37. The molecular weight excluding hydrogens is 522 g/mol. The molecule has 0 aliphatic rings. The van der Waals surface area contributed by atoms with Crippen LogP contribution in [0.1, 0.15) is 39.3 Å².